The number of nitro benzene ring substituents is 1. The molecule has 1 rings (SSSR count). The van der Waals surface area contributed by atoms with E-state index in [9.17, 15) is 14.9 Å². The molecule has 0 aliphatic rings. The van der Waals surface area contributed by atoms with Crippen molar-refractivity contribution in [1.29, 1.82) is 0 Å². The molecule has 0 bridgehead atoms. The van der Waals surface area contributed by atoms with Gasteiger partial charge >= 0.3 is 0 Å². The summed E-state index contributed by atoms with van der Waals surface area (Å²) >= 11 is 0. The predicted molar refractivity (Wildman–Crippen MR) is 70.0 cm³/mol. The highest BCUT2D eigenvalue weighted by atomic mass is 16.6. The number of benzene rings is 1. The first-order chi connectivity index (χ1) is 8.99. The Morgan fingerprint density at radius 3 is 2.84 bits per heavy atom. The van der Waals surface area contributed by atoms with Gasteiger partial charge in [-0.1, -0.05) is 0 Å². The number of nitrogens with zero attached hydrogens (tertiary/aromatic N) is 1. The van der Waals surface area contributed by atoms with Gasteiger partial charge in [-0.15, -0.1) is 12.3 Å². The molecule has 0 saturated heterocycles. The van der Waals surface area contributed by atoms with E-state index in [1.54, 1.807) is 6.92 Å². The molecule has 6 heteroatoms. The molecule has 0 spiro atoms. The number of terminal acetylenes is 1. The van der Waals surface area contributed by atoms with Gasteiger partial charge in [0, 0.05) is 18.5 Å². The summed E-state index contributed by atoms with van der Waals surface area (Å²) in [5.74, 6) is 2.21. The largest absolute Gasteiger partial charge is 0.496 e. The number of ether oxygens (including phenoxy) is 1. The lowest BCUT2D eigenvalue weighted by atomic mass is 10.1. The molecule has 0 fully saturated rings. The molecule has 19 heavy (non-hydrogen) atoms. The molecule has 1 N–H and O–H groups in total. The Kier molecular flexibility index (Phi) is 4.89. The van der Waals surface area contributed by atoms with Crippen molar-refractivity contribution in [3.8, 4) is 18.1 Å². The van der Waals surface area contributed by atoms with Crippen LogP contribution in [0, 0.1) is 22.5 Å². The molecule has 0 radical (unpaired) electrons. The second-order valence-electron chi connectivity index (χ2n) is 3.92. The number of amides is 1. The Balaban J connectivity index is 2.97. The van der Waals surface area contributed by atoms with Gasteiger partial charge in [-0.3, -0.25) is 14.9 Å². The van der Waals surface area contributed by atoms with Crippen LogP contribution >= 0.6 is 0 Å². The van der Waals surface area contributed by atoms with Gasteiger partial charge in [0.05, 0.1) is 23.7 Å². The fraction of sp³-hybridized carbons (Fsp3) is 0.308. The van der Waals surface area contributed by atoms with Crippen LogP contribution in [0.3, 0.4) is 0 Å². The van der Waals surface area contributed by atoms with Gasteiger partial charge < -0.3 is 10.1 Å². The van der Waals surface area contributed by atoms with Crippen LogP contribution in [0.5, 0.6) is 5.75 Å². The third kappa shape index (κ3) is 3.71. The quantitative estimate of drug-likeness (QED) is 0.498. The average Bonchev–Trinajstić information content (AvgIpc) is 2.37. The first kappa shape index (κ1) is 14.5. The lowest BCUT2D eigenvalue weighted by Gasteiger charge is -2.13. The minimum Gasteiger partial charge on any atom is -0.496 e. The van der Waals surface area contributed by atoms with E-state index in [0.717, 1.165) is 0 Å². The summed E-state index contributed by atoms with van der Waals surface area (Å²) in [6.45, 7) is 1.77. The van der Waals surface area contributed by atoms with Crippen molar-refractivity contribution in [3.05, 3.63) is 33.9 Å². The van der Waals surface area contributed by atoms with Crippen LogP contribution in [0.4, 0.5) is 5.69 Å². The van der Waals surface area contributed by atoms with Crippen LogP contribution in [0.15, 0.2) is 18.2 Å². The van der Waals surface area contributed by atoms with Crippen LogP contribution in [0.1, 0.15) is 23.7 Å². The maximum Gasteiger partial charge on any atom is 0.273 e. The monoisotopic (exact) mass is 262 g/mol. The van der Waals surface area contributed by atoms with E-state index < -0.39 is 4.92 Å². The fourth-order valence-corrected chi connectivity index (χ4v) is 1.51. The van der Waals surface area contributed by atoms with Gasteiger partial charge in [-0.25, -0.2) is 0 Å². The first-order valence-corrected chi connectivity index (χ1v) is 5.56. The van der Waals surface area contributed by atoms with Gasteiger partial charge in [0.25, 0.3) is 11.6 Å². The number of nitrogens with one attached hydrogen (secondary N) is 1. The van der Waals surface area contributed by atoms with Crippen LogP contribution in [-0.2, 0) is 0 Å². The van der Waals surface area contributed by atoms with Crippen molar-refractivity contribution < 1.29 is 14.5 Å². The number of hydrogen-bond donors (Lipinski definition) is 1. The van der Waals surface area contributed by atoms with Crippen LogP contribution in [-0.4, -0.2) is 24.0 Å². The third-order valence-electron chi connectivity index (χ3n) is 2.44. The zero-order valence-corrected chi connectivity index (χ0v) is 10.7. The Morgan fingerprint density at radius 1 is 1.63 bits per heavy atom. The molecule has 1 atom stereocenters. The SMILES string of the molecule is C#CCC(C)NC(=O)c1ccc([N+](=O)[O-])cc1OC. The Labute approximate surface area is 110 Å². The third-order valence-corrected chi connectivity index (χ3v) is 2.44. The molecule has 1 aromatic rings. The molecule has 0 aliphatic heterocycles. The normalized spacial score (nSPS) is 11.2. The Bertz CT molecular complexity index is 534. The molecule has 6 nitrogen and oxygen atoms in total. The molecule has 1 amide bonds. The van der Waals surface area contributed by atoms with Gasteiger partial charge in [-0.2, -0.15) is 0 Å². The van der Waals surface area contributed by atoms with Crippen molar-refractivity contribution in [3.63, 3.8) is 0 Å². The Morgan fingerprint density at radius 2 is 2.32 bits per heavy atom. The number of methoxy groups -OCH3 is 1. The van der Waals surface area contributed by atoms with E-state index >= 15 is 0 Å². The second-order valence-corrected chi connectivity index (χ2v) is 3.92. The van der Waals surface area contributed by atoms with E-state index in [1.165, 1.54) is 25.3 Å². The van der Waals surface area contributed by atoms with E-state index in [-0.39, 0.29) is 28.9 Å². The molecule has 0 saturated carbocycles. The van der Waals surface area contributed by atoms with E-state index in [1.807, 2.05) is 0 Å². The highest BCUT2D eigenvalue weighted by molar-refractivity contribution is 5.97. The lowest BCUT2D eigenvalue weighted by Crippen LogP contribution is -2.32. The number of nitro groups is 1. The summed E-state index contributed by atoms with van der Waals surface area (Å²) in [4.78, 5) is 22.1. The van der Waals surface area contributed by atoms with Crippen molar-refractivity contribution in [2.24, 2.45) is 0 Å². The summed E-state index contributed by atoms with van der Waals surface area (Å²) < 4.78 is 4.99. The van der Waals surface area contributed by atoms with Gasteiger partial charge in [0.15, 0.2) is 0 Å². The summed E-state index contributed by atoms with van der Waals surface area (Å²) in [5, 5.41) is 13.3. The zero-order valence-electron chi connectivity index (χ0n) is 10.7. The molecular formula is C13H14N2O4. The summed E-state index contributed by atoms with van der Waals surface area (Å²) in [7, 11) is 1.35. The van der Waals surface area contributed by atoms with Crippen LogP contribution < -0.4 is 10.1 Å². The molecule has 1 unspecified atom stereocenters. The van der Waals surface area contributed by atoms with Crippen molar-refractivity contribution in [1.82, 2.24) is 5.32 Å². The molecule has 100 valence electrons. The number of carbonyl (C=O) groups excluding carboxylic acids is 1. The van der Waals surface area contributed by atoms with Gasteiger partial charge in [0.1, 0.15) is 5.75 Å². The number of carbonyl (C=O) groups is 1. The van der Waals surface area contributed by atoms with Crippen LogP contribution in [0.25, 0.3) is 0 Å². The summed E-state index contributed by atoms with van der Waals surface area (Å²) in [6.07, 6.45) is 5.56. The molecular weight excluding hydrogens is 248 g/mol. The number of non-ortho nitro benzene ring substituents is 1. The van der Waals surface area contributed by atoms with Crippen molar-refractivity contribution in [2.75, 3.05) is 7.11 Å². The number of hydrogen-bond acceptors (Lipinski definition) is 4. The maximum atomic E-state index is 12.0. The maximum absolute atomic E-state index is 12.0. The van der Waals surface area contributed by atoms with E-state index in [0.29, 0.717) is 6.42 Å². The average molecular weight is 262 g/mol. The van der Waals surface area contributed by atoms with E-state index in [2.05, 4.69) is 11.2 Å². The van der Waals surface area contributed by atoms with Gasteiger partial charge in [0.2, 0.25) is 0 Å². The molecule has 1 aromatic carbocycles. The highest BCUT2D eigenvalue weighted by Crippen LogP contribution is 2.24. The summed E-state index contributed by atoms with van der Waals surface area (Å²) in [5.41, 5.74) is 0.0991. The van der Waals surface area contributed by atoms with Crippen LogP contribution in [0.2, 0.25) is 0 Å². The second kappa shape index (κ2) is 6.40. The number of rotatable bonds is 5. The fourth-order valence-electron chi connectivity index (χ4n) is 1.51. The highest BCUT2D eigenvalue weighted by Gasteiger charge is 2.17. The molecule has 0 aliphatic carbocycles. The zero-order chi connectivity index (χ0) is 14.4. The first-order valence-electron chi connectivity index (χ1n) is 5.56. The molecule has 0 heterocycles. The summed E-state index contributed by atoms with van der Waals surface area (Å²) in [6, 6.07) is 3.64. The van der Waals surface area contributed by atoms with E-state index in [4.69, 9.17) is 11.2 Å². The van der Waals surface area contributed by atoms with Gasteiger partial charge in [-0.05, 0) is 13.0 Å². The van der Waals surface area contributed by atoms with Crippen molar-refractivity contribution >= 4 is 11.6 Å². The van der Waals surface area contributed by atoms with Crippen molar-refractivity contribution in [2.45, 2.75) is 19.4 Å². The lowest BCUT2D eigenvalue weighted by molar-refractivity contribution is -0.384. The molecule has 0 aromatic heterocycles. The minimum absolute atomic E-state index is 0.134. The Hall–Kier alpha value is -2.55. The smallest absolute Gasteiger partial charge is 0.273 e. The standard InChI is InChI=1S/C13H14N2O4/c1-4-5-9(2)14-13(16)11-7-6-10(15(17)18)8-12(11)19-3/h1,6-9H,5H2,2-3H3,(H,14,16). The minimum atomic E-state index is -0.550. The predicted octanol–water partition coefficient (Wildman–Crippen LogP) is 1.74. The topological polar surface area (TPSA) is 81.5 Å².